The quantitative estimate of drug-likeness (QED) is 0.651. The fourth-order valence-electron chi connectivity index (χ4n) is 1.02. The average molecular weight is 371 g/mol. The minimum absolute atomic E-state index is 0.310. The lowest BCUT2D eigenvalue weighted by Gasteiger charge is -2.10. The number of carbonyl (C=O) groups excluding carboxylic acids is 1. The van der Waals surface area contributed by atoms with E-state index in [2.05, 4.69) is 41.9 Å². The summed E-state index contributed by atoms with van der Waals surface area (Å²) in [7, 11) is 1.35. The molecule has 16 heavy (non-hydrogen) atoms. The van der Waals surface area contributed by atoms with Crippen LogP contribution in [0.5, 0.6) is 0 Å². The van der Waals surface area contributed by atoms with Crippen LogP contribution in [0.1, 0.15) is 0 Å². The van der Waals surface area contributed by atoms with Gasteiger partial charge in [-0.3, -0.25) is 4.79 Å². The normalized spacial score (nSPS) is 12.0. The van der Waals surface area contributed by atoms with Gasteiger partial charge >= 0.3 is 5.97 Å². The second kappa shape index (κ2) is 6.47. The van der Waals surface area contributed by atoms with Crippen molar-refractivity contribution in [2.45, 2.75) is 4.83 Å². The molecule has 1 aromatic rings. The summed E-state index contributed by atoms with van der Waals surface area (Å²) < 4.78 is 5.42. The number of alkyl halides is 1. The van der Waals surface area contributed by atoms with Gasteiger partial charge in [-0.1, -0.05) is 27.5 Å². The number of halogens is 3. The molecule has 1 rings (SSSR count). The SMILES string of the molecule is COC(=O)C(Br)CNc1ccc(Br)c(Cl)c1. The molecule has 0 fully saturated rings. The Labute approximate surface area is 116 Å². The van der Waals surface area contributed by atoms with Crippen molar-refractivity contribution in [2.75, 3.05) is 19.0 Å². The van der Waals surface area contributed by atoms with Crippen molar-refractivity contribution in [3.8, 4) is 0 Å². The molecule has 0 aliphatic rings. The van der Waals surface area contributed by atoms with Crippen LogP contribution in [0.15, 0.2) is 22.7 Å². The minimum Gasteiger partial charge on any atom is -0.468 e. The average Bonchev–Trinajstić information content (AvgIpc) is 2.29. The number of hydrogen-bond donors (Lipinski definition) is 1. The Balaban J connectivity index is 2.55. The van der Waals surface area contributed by atoms with Crippen molar-refractivity contribution in [1.29, 1.82) is 0 Å². The summed E-state index contributed by atoms with van der Waals surface area (Å²) in [4.78, 5) is 10.7. The highest BCUT2D eigenvalue weighted by Crippen LogP contribution is 2.25. The van der Waals surface area contributed by atoms with Gasteiger partial charge in [0.1, 0.15) is 4.83 Å². The molecule has 0 heterocycles. The first-order valence-corrected chi connectivity index (χ1v) is 6.54. The number of benzene rings is 1. The summed E-state index contributed by atoms with van der Waals surface area (Å²) in [6, 6.07) is 5.49. The van der Waals surface area contributed by atoms with Crippen molar-refractivity contribution in [1.82, 2.24) is 0 Å². The lowest BCUT2D eigenvalue weighted by Crippen LogP contribution is -2.24. The summed E-state index contributed by atoms with van der Waals surface area (Å²) in [5.74, 6) is -0.310. The molecular weight excluding hydrogens is 361 g/mol. The van der Waals surface area contributed by atoms with Gasteiger partial charge in [-0.2, -0.15) is 0 Å². The van der Waals surface area contributed by atoms with E-state index in [-0.39, 0.29) is 10.8 Å². The number of esters is 1. The van der Waals surface area contributed by atoms with Crippen LogP contribution < -0.4 is 5.32 Å². The van der Waals surface area contributed by atoms with Gasteiger partial charge in [0.05, 0.1) is 12.1 Å². The van der Waals surface area contributed by atoms with Crippen LogP contribution in [0, 0.1) is 0 Å². The minimum atomic E-state index is -0.375. The molecule has 0 aromatic heterocycles. The number of methoxy groups -OCH3 is 1. The maximum Gasteiger partial charge on any atom is 0.321 e. The Hall–Kier alpha value is -0.260. The van der Waals surface area contributed by atoms with Gasteiger partial charge in [0.25, 0.3) is 0 Å². The largest absolute Gasteiger partial charge is 0.468 e. The topological polar surface area (TPSA) is 38.3 Å². The van der Waals surface area contributed by atoms with Gasteiger partial charge in [0, 0.05) is 16.7 Å². The molecule has 0 aliphatic heterocycles. The van der Waals surface area contributed by atoms with Crippen LogP contribution >= 0.6 is 43.5 Å². The molecule has 3 nitrogen and oxygen atoms in total. The van der Waals surface area contributed by atoms with E-state index in [9.17, 15) is 4.79 Å². The van der Waals surface area contributed by atoms with Crippen molar-refractivity contribution >= 4 is 55.1 Å². The molecule has 88 valence electrons. The zero-order valence-electron chi connectivity index (χ0n) is 8.47. The molecule has 0 amide bonds. The highest BCUT2D eigenvalue weighted by Gasteiger charge is 2.14. The summed E-state index contributed by atoms with van der Waals surface area (Å²) in [6.45, 7) is 0.435. The van der Waals surface area contributed by atoms with Crippen LogP contribution in [-0.2, 0) is 9.53 Å². The van der Waals surface area contributed by atoms with E-state index in [1.807, 2.05) is 12.1 Å². The van der Waals surface area contributed by atoms with E-state index in [0.29, 0.717) is 11.6 Å². The van der Waals surface area contributed by atoms with Crippen LogP contribution in [0.2, 0.25) is 5.02 Å². The molecule has 1 aromatic carbocycles. The highest BCUT2D eigenvalue weighted by molar-refractivity contribution is 9.10. The van der Waals surface area contributed by atoms with Gasteiger partial charge in [-0.05, 0) is 34.1 Å². The molecular formula is C10H10Br2ClNO2. The summed E-state index contributed by atoms with van der Waals surface area (Å²) >= 11 is 12.4. The first-order valence-electron chi connectivity index (χ1n) is 4.45. The Kier molecular flexibility index (Phi) is 5.58. The zero-order chi connectivity index (χ0) is 12.1. The molecule has 1 atom stereocenters. The first kappa shape index (κ1) is 13.8. The number of ether oxygens (including phenoxy) is 1. The lowest BCUT2D eigenvalue weighted by molar-refractivity contribution is -0.139. The third-order valence-corrected chi connectivity index (χ3v) is 3.79. The smallest absolute Gasteiger partial charge is 0.321 e. The maximum atomic E-state index is 11.1. The zero-order valence-corrected chi connectivity index (χ0v) is 12.4. The van der Waals surface area contributed by atoms with Crippen LogP contribution in [0.3, 0.4) is 0 Å². The van der Waals surface area contributed by atoms with Gasteiger partial charge in [-0.15, -0.1) is 0 Å². The van der Waals surface area contributed by atoms with E-state index in [4.69, 9.17) is 11.6 Å². The predicted molar refractivity (Wildman–Crippen MR) is 72.4 cm³/mol. The van der Waals surface area contributed by atoms with Gasteiger partial charge < -0.3 is 10.1 Å². The summed E-state index contributed by atoms with van der Waals surface area (Å²) in [5, 5.41) is 3.69. The van der Waals surface area contributed by atoms with E-state index >= 15 is 0 Å². The van der Waals surface area contributed by atoms with E-state index in [1.54, 1.807) is 6.07 Å². The Morgan fingerprint density at radius 2 is 2.31 bits per heavy atom. The fourth-order valence-corrected chi connectivity index (χ4v) is 1.80. The fraction of sp³-hybridized carbons (Fsp3) is 0.300. The van der Waals surface area contributed by atoms with Gasteiger partial charge in [0.15, 0.2) is 0 Å². The standard InChI is InChI=1S/C10H10Br2ClNO2/c1-16-10(15)8(12)5-14-6-2-3-7(11)9(13)4-6/h2-4,8,14H,5H2,1H3. The molecule has 0 bridgehead atoms. The van der Waals surface area contributed by atoms with Crippen molar-refractivity contribution in [3.63, 3.8) is 0 Å². The number of nitrogens with one attached hydrogen (secondary N) is 1. The third kappa shape index (κ3) is 3.96. The summed E-state index contributed by atoms with van der Waals surface area (Å²) in [6.07, 6.45) is 0. The van der Waals surface area contributed by atoms with Crippen molar-refractivity contribution < 1.29 is 9.53 Å². The monoisotopic (exact) mass is 369 g/mol. The maximum absolute atomic E-state index is 11.1. The number of hydrogen-bond acceptors (Lipinski definition) is 3. The van der Waals surface area contributed by atoms with Crippen LogP contribution in [-0.4, -0.2) is 24.5 Å². The van der Waals surface area contributed by atoms with Crippen molar-refractivity contribution in [2.24, 2.45) is 0 Å². The van der Waals surface area contributed by atoms with Crippen LogP contribution in [0.25, 0.3) is 0 Å². The molecule has 6 heteroatoms. The molecule has 1 unspecified atom stereocenters. The third-order valence-electron chi connectivity index (χ3n) is 1.86. The summed E-state index contributed by atoms with van der Waals surface area (Å²) in [5.41, 5.74) is 0.849. The predicted octanol–water partition coefficient (Wildman–Crippen LogP) is 3.45. The Bertz CT molecular complexity index is 387. The Morgan fingerprint density at radius 1 is 1.62 bits per heavy atom. The Morgan fingerprint density at radius 3 is 2.88 bits per heavy atom. The van der Waals surface area contributed by atoms with Crippen LogP contribution in [0.4, 0.5) is 5.69 Å². The number of carbonyl (C=O) groups is 1. The molecule has 0 saturated heterocycles. The van der Waals surface area contributed by atoms with Gasteiger partial charge in [-0.25, -0.2) is 0 Å². The second-order valence-electron chi connectivity index (χ2n) is 3.00. The van der Waals surface area contributed by atoms with E-state index in [0.717, 1.165) is 10.2 Å². The molecule has 0 aliphatic carbocycles. The van der Waals surface area contributed by atoms with E-state index in [1.165, 1.54) is 7.11 Å². The number of rotatable bonds is 4. The molecule has 0 spiro atoms. The lowest BCUT2D eigenvalue weighted by atomic mass is 10.3. The van der Waals surface area contributed by atoms with E-state index < -0.39 is 0 Å². The van der Waals surface area contributed by atoms with Gasteiger partial charge in [0.2, 0.25) is 0 Å². The molecule has 1 N–H and O–H groups in total. The first-order chi connectivity index (χ1) is 7.54. The number of anilines is 1. The molecule has 0 saturated carbocycles. The van der Waals surface area contributed by atoms with Crippen molar-refractivity contribution in [3.05, 3.63) is 27.7 Å². The highest BCUT2D eigenvalue weighted by atomic mass is 79.9. The molecule has 0 radical (unpaired) electrons. The second-order valence-corrected chi connectivity index (χ2v) is 5.37.